The second-order valence-electron chi connectivity index (χ2n) is 2.66. The molecule has 0 spiro atoms. The Bertz CT molecular complexity index is 164. The smallest absolute Gasteiger partial charge is 0.395 e. The highest BCUT2D eigenvalue weighted by Gasteiger charge is 2.25. The largest absolute Gasteiger partial charge is 0.401 e. The Morgan fingerprint density at radius 3 is 2.46 bits per heavy atom. The second kappa shape index (κ2) is 5.80. The highest BCUT2D eigenvalue weighted by Crippen LogP contribution is 2.11. The van der Waals surface area contributed by atoms with E-state index in [1.165, 1.54) is 0 Å². The number of hydrogen-bond acceptors (Lipinski definition) is 3. The van der Waals surface area contributed by atoms with E-state index in [4.69, 9.17) is 0 Å². The molecule has 0 aromatic carbocycles. The van der Waals surface area contributed by atoms with Crippen LogP contribution in [0.15, 0.2) is 5.16 Å². The second-order valence-corrected chi connectivity index (χ2v) is 2.66. The molecule has 13 heavy (non-hydrogen) atoms. The SMILES string of the molecule is CC(C)=NOCCNCC(F)(F)F. The molecular weight excluding hydrogens is 185 g/mol. The van der Waals surface area contributed by atoms with E-state index in [0.29, 0.717) is 0 Å². The summed E-state index contributed by atoms with van der Waals surface area (Å²) in [6.07, 6.45) is -4.16. The first-order valence-corrected chi connectivity index (χ1v) is 3.82. The topological polar surface area (TPSA) is 33.6 Å². The fraction of sp³-hybridized carbons (Fsp3) is 0.857. The zero-order valence-electron chi connectivity index (χ0n) is 7.61. The van der Waals surface area contributed by atoms with Gasteiger partial charge in [0, 0.05) is 6.54 Å². The zero-order valence-corrected chi connectivity index (χ0v) is 7.61. The van der Waals surface area contributed by atoms with E-state index in [1.807, 2.05) is 0 Å². The van der Waals surface area contributed by atoms with Crippen molar-refractivity contribution < 1.29 is 18.0 Å². The third kappa shape index (κ3) is 11.2. The predicted octanol–water partition coefficient (Wildman–Crippen LogP) is 1.55. The lowest BCUT2D eigenvalue weighted by Crippen LogP contribution is -2.30. The molecule has 0 heterocycles. The first-order chi connectivity index (χ1) is 5.92. The maximum atomic E-state index is 11.6. The van der Waals surface area contributed by atoms with Crippen LogP contribution in [0.3, 0.4) is 0 Å². The van der Waals surface area contributed by atoms with Gasteiger partial charge in [0.15, 0.2) is 0 Å². The van der Waals surface area contributed by atoms with Crippen LogP contribution in [-0.2, 0) is 4.84 Å². The molecule has 0 amide bonds. The molecular formula is C7H13F3N2O. The lowest BCUT2D eigenvalue weighted by molar-refractivity contribution is -0.125. The molecule has 0 unspecified atom stereocenters. The van der Waals surface area contributed by atoms with Crippen molar-refractivity contribution >= 4 is 5.71 Å². The zero-order chi connectivity index (χ0) is 10.3. The minimum Gasteiger partial charge on any atom is -0.395 e. The summed E-state index contributed by atoms with van der Waals surface area (Å²) in [6.45, 7) is 2.76. The Morgan fingerprint density at radius 1 is 1.38 bits per heavy atom. The summed E-state index contributed by atoms with van der Waals surface area (Å²) < 4.78 is 34.7. The highest BCUT2D eigenvalue weighted by molar-refractivity contribution is 5.78. The Balaban J connectivity index is 3.23. The van der Waals surface area contributed by atoms with Crippen molar-refractivity contribution in [1.29, 1.82) is 0 Å². The third-order valence-corrected chi connectivity index (χ3v) is 0.943. The molecule has 0 aromatic rings. The molecule has 6 heteroatoms. The van der Waals surface area contributed by atoms with Crippen LogP contribution in [0.4, 0.5) is 13.2 Å². The quantitative estimate of drug-likeness (QED) is 0.413. The summed E-state index contributed by atoms with van der Waals surface area (Å²) >= 11 is 0. The first kappa shape index (κ1) is 12.2. The molecule has 0 fully saturated rings. The maximum Gasteiger partial charge on any atom is 0.401 e. The maximum absolute atomic E-state index is 11.6. The van der Waals surface area contributed by atoms with Crippen molar-refractivity contribution in [3.63, 3.8) is 0 Å². The summed E-state index contributed by atoms with van der Waals surface area (Å²) in [5, 5.41) is 5.73. The van der Waals surface area contributed by atoms with E-state index in [9.17, 15) is 13.2 Å². The molecule has 0 saturated heterocycles. The van der Waals surface area contributed by atoms with Crippen molar-refractivity contribution in [2.24, 2.45) is 5.16 Å². The van der Waals surface area contributed by atoms with Crippen LogP contribution >= 0.6 is 0 Å². The van der Waals surface area contributed by atoms with E-state index >= 15 is 0 Å². The number of rotatable bonds is 5. The standard InChI is InChI=1S/C7H13F3N2O/c1-6(2)12-13-4-3-11-5-7(8,9)10/h11H,3-5H2,1-2H3. The average Bonchev–Trinajstić information content (AvgIpc) is 1.93. The van der Waals surface area contributed by atoms with Crippen LogP contribution in [0.2, 0.25) is 0 Å². The lowest BCUT2D eigenvalue weighted by atomic mass is 10.5. The fourth-order valence-corrected chi connectivity index (χ4v) is 0.523. The minimum absolute atomic E-state index is 0.135. The van der Waals surface area contributed by atoms with Crippen molar-refractivity contribution in [2.75, 3.05) is 19.7 Å². The molecule has 0 aliphatic carbocycles. The normalized spacial score (nSPS) is 11.2. The van der Waals surface area contributed by atoms with Gasteiger partial charge in [-0.3, -0.25) is 0 Å². The summed E-state index contributed by atoms with van der Waals surface area (Å²) in [7, 11) is 0. The van der Waals surface area contributed by atoms with Gasteiger partial charge in [0.2, 0.25) is 0 Å². The molecule has 0 aliphatic heterocycles. The summed E-state index contributed by atoms with van der Waals surface area (Å²) in [5.74, 6) is 0. The van der Waals surface area contributed by atoms with Gasteiger partial charge >= 0.3 is 6.18 Å². The Labute approximate surface area is 74.9 Å². The van der Waals surface area contributed by atoms with Gasteiger partial charge < -0.3 is 10.2 Å². The van der Waals surface area contributed by atoms with Crippen LogP contribution in [-0.4, -0.2) is 31.6 Å². The molecule has 0 rings (SSSR count). The van der Waals surface area contributed by atoms with Gasteiger partial charge in [0.1, 0.15) is 6.61 Å². The van der Waals surface area contributed by atoms with Gasteiger partial charge in [-0.05, 0) is 13.8 Å². The van der Waals surface area contributed by atoms with Gasteiger partial charge in [-0.2, -0.15) is 13.2 Å². The van der Waals surface area contributed by atoms with Gasteiger partial charge in [-0.15, -0.1) is 0 Å². The summed E-state index contributed by atoms with van der Waals surface area (Å²) in [4.78, 5) is 4.67. The molecule has 0 bridgehead atoms. The van der Waals surface area contributed by atoms with E-state index < -0.39 is 12.7 Å². The molecule has 0 atom stereocenters. The number of nitrogens with one attached hydrogen (secondary N) is 1. The van der Waals surface area contributed by atoms with Gasteiger partial charge in [0.05, 0.1) is 12.3 Å². The van der Waals surface area contributed by atoms with E-state index in [0.717, 1.165) is 5.71 Å². The predicted molar refractivity (Wildman–Crippen MR) is 43.7 cm³/mol. The number of hydrogen-bond donors (Lipinski definition) is 1. The summed E-state index contributed by atoms with van der Waals surface area (Å²) in [6, 6.07) is 0. The first-order valence-electron chi connectivity index (χ1n) is 3.82. The van der Waals surface area contributed by atoms with E-state index in [2.05, 4.69) is 15.3 Å². The average molecular weight is 198 g/mol. The molecule has 0 aromatic heterocycles. The summed E-state index contributed by atoms with van der Waals surface area (Å²) in [5.41, 5.74) is 0.732. The number of halogens is 3. The molecule has 1 N–H and O–H groups in total. The van der Waals surface area contributed by atoms with Crippen molar-refractivity contribution in [1.82, 2.24) is 5.32 Å². The monoisotopic (exact) mass is 198 g/mol. The van der Waals surface area contributed by atoms with Crippen LogP contribution in [0.1, 0.15) is 13.8 Å². The van der Waals surface area contributed by atoms with Crippen LogP contribution in [0.5, 0.6) is 0 Å². The van der Waals surface area contributed by atoms with Gasteiger partial charge in [-0.25, -0.2) is 0 Å². The molecule has 0 saturated carbocycles. The van der Waals surface area contributed by atoms with Crippen molar-refractivity contribution in [3.8, 4) is 0 Å². The highest BCUT2D eigenvalue weighted by atomic mass is 19.4. The molecule has 78 valence electrons. The number of nitrogens with zero attached hydrogens (tertiary/aromatic N) is 1. The molecule has 0 radical (unpaired) electrons. The Hall–Kier alpha value is -0.780. The minimum atomic E-state index is -4.16. The van der Waals surface area contributed by atoms with Crippen molar-refractivity contribution in [2.45, 2.75) is 20.0 Å². The lowest BCUT2D eigenvalue weighted by Gasteiger charge is -2.06. The van der Waals surface area contributed by atoms with E-state index in [-0.39, 0.29) is 13.2 Å². The van der Waals surface area contributed by atoms with Gasteiger partial charge in [-0.1, -0.05) is 5.16 Å². The third-order valence-electron chi connectivity index (χ3n) is 0.943. The van der Waals surface area contributed by atoms with Crippen molar-refractivity contribution in [3.05, 3.63) is 0 Å². The molecule has 3 nitrogen and oxygen atoms in total. The molecule has 0 aliphatic rings. The van der Waals surface area contributed by atoms with Crippen LogP contribution in [0, 0.1) is 0 Å². The fourth-order valence-electron chi connectivity index (χ4n) is 0.523. The number of alkyl halides is 3. The van der Waals surface area contributed by atoms with E-state index in [1.54, 1.807) is 13.8 Å². The number of oxime groups is 1. The van der Waals surface area contributed by atoms with Crippen LogP contribution < -0.4 is 5.32 Å². The van der Waals surface area contributed by atoms with Gasteiger partial charge in [0.25, 0.3) is 0 Å². The Morgan fingerprint density at radius 2 is 2.00 bits per heavy atom. The Kier molecular flexibility index (Phi) is 5.45. The van der Waals surface area contributed by atoms with Crippen LogP contribution in [0.25, 0.3) is 0 Å².